The van der Waals surface area contributed by atoms with Crippen molar-refractivity contribution in [1.82, 2.24) is 0 Å². The predicted octanol–water partition coefficient (Wildman–Crippen LogP) is 6.52. The summed E-state index contributed by atoms with van der Waals surface area (Å²) in [7, 11) is 0. The van der Waals surface area contributed by atoms with Crippen LogP contribution in [0.15, 0.2) is 0 Å². The van der Waals surface area contributed by atoms with E-state index in [1.807, 2.05) is 0 Å². The Morgan fingerprint density at radius 2 is 1.41 bits per heavy atom. The van der Waals surface area contributed by atoms with Crippen molar-refractivity contribution in [2.75, 3.05) is 5.75 Å². The molecule has 0 aliphatic carbocycles. The zero-order chi connectivity index (χ0) is 16.8. The highest BCUT2D eigenvalue weighted by molar-refractivity contribution is 8.47. The molecule has 5 heteroatoms. The minimum Gasteiger partial charge on any atom is -0.480 e. The summed E-state index contributed by atoms with van der Waals surface area (Å²) in [5.41, 5.74) is 0. The van der Waals surface area contributed by atoms with E-state index < -0.39 is 10.7 Å². The molecule has 0 rings (SSSR count). The predicted molar refractivity (Wildman–Crippen MR) is 106 cm³/mol. The Balaban J connectivity index is 3.39. The molecule has 0 aromatic heterocycles. The molecular formula is C17H32O2S3. The maximum Gasteiger partial charge on any atom is 0.319 e. The fourth-order valence-electron chi connectivity index (χ4n) is 2.03. The minimum absolute atomic E-state index is 0.753. The van der Waals surface area contributed by atoms with Crippen molar-refractivity contribution < 1.29 is 9.90 Å². The Morgan fingerprint density at radius 1 is 0.955 bits per heavy atom. The summed E-state index contributed by atoms with van der Waals surface area (Å²) in [5, 5.41) is 9.06. The van der Waals surface area contributed by atoms with Crippen molar-refractivity contribution in [3.05, 3.63) is 0 Å². The van der Waals surface area contributed by atoms with E-state index in [1.165, 1.54) is 76.0 Å². The molecule has 0 amide bonds. The summed E-state index contributed by atoms with van der Waals surface area (Å²) in [4.78, 5) is 11.0. The molecule has 0 atom stereocenters. The number of hydrogen-bond acceptors (Lipinski definition) is 4. The summed E-state index contributed by atoms with van der Waals surface area (Å²) >= 11 is 8.17. The lowest BCUT2D eigenvalue weighted by Gasteiger charge is -2.18. The molecule has 22 heavy (non-hydrogen) atoms. The number of carbonyl (C=O) groups is 1. The van der Waals surface area contributed by atoms with E-state index in [1.54, 1.807) is 25.6 Å². The van der Waals surface area contributed by atoms with Crippen LogP contribution in [0.2, 0.25) is 0 Å². The molecule has 1 N–H and O–H groups in total. The molecule has 0 bridgehead atoms. The van der Waals surface area contributed by atoms with Gasteiger partial charge in [-0.1, -0.05) is 88.7 Å². The van der Waals surface area contributed by atoms with E-state index in [9.17, 15) is 4.79 Å². The van der Waals surface area contributed by atoms with Crippen LogP contribution in [0.4, 0.5) is 0 Å². The molecule has 0 saturated carbocycles. The number of carboxylic acid groups (broad SMARTS) is 1. The van der Waals surface area contributed by atoms with E-state index in [0.717, 1.165) is 9.28 Å². The van der Waals surface area contributed by atoms with Crippen LogP contribution in [-0.4, -0.2) is 25.1 Å². The Kier molecular flexibility index (Phi) is 13.8. The number of thiocarbonyl (C=S) groups is 1. The zero-order valence-corrected chi connectivity index (χ0v) is 16.8. The first-order chi connectivity index (χ1) is 10.4. The van der Waals surface area contributed by atoms with Gasteiger partial charge in [-0.05, 0) is 26.0 Å². The lowest BCUT2D eigenvalue weighted by atomic mass is 10.1. The smallest absolute Gasteiger partial charge is 0.319 e. The number of carboxylic acids is 1. The van der Waals surface area contributed by atoms with Gasteiger partial charge in [0.05, 0.1) is 0 Å². The van der Waals surface area contributed by atoms with Crippen LogP contribution in [0.25, 0.3) is 0 Å². The Labute approximate surface area is 150 Å². The number of thioether (sulfide) groups is 2. The van der Waals surface area contributed by atoms with Gasteiger partial charge in [-0.25, -0.2) is 0 Å². The van der Waals surface area contributed by atoms with Gasteiger partial charge < -0.3 is 5.11 Å². The second-order valence-corrected chi connectivity index (χ2v) is 10.1. The summed E-state index contributed by atoms with van der Waals surface area (Å²) in [6.45, 7) is 5.66. The number of unbranched alkanes of at least 4 members (excludes halogenated alkanes) is 9. The third kappa shape index (κ3) is 12.8. The summed E-state index contributed by atoms with van der Waals surface area (Å²) in [6, 6.07) is 0. The first-order valence-corrected chi connectivity index (χ1v) is 10.7. The second kappa shape index (κ2) is 13.7. The fourth-order valence-corrected chi connectivity index (χ4v) is 5.03. The fraction of sp³-hybridized carbons (Fsp3) is 0.882. The topological polar surface area (TPSA) is 37.3 Å². The molecule has 0 aliphatic rings. The highest BCUT2D eigenvalue weighted by Gasteiger charge is 2.29. The van der Waals surface area contributed by atoms with Crippen molar-refractivity contribution in [1.29, 1.82) is 0 Å². The summed E-state index contributed by atoms with van der Waals surface area (Å²) in [5.74, 6) is 0.206. The van der Waals surface area contributed by atoms with Gasteiger partial charge in [-0.2, -0.15) is 0 Å². The molecule has 0 spiro atoms. The van der Waals surface area contributed by atoms with Crippen LogP contribution in [0.3, 0.4) is 0 Å². The van der Waals surface area contributed by atoms with Gasteiger partial charge in [0.25, 0.3) is 0 Å². The molecular weight excluding hydrogens is 332 g/mol. The first kappa shape index (κ1) is 22.3. The number of aliphatic carboxylic acids is 1. The maximum absolute atomic E-state index is 11.0. The quantitative estimate of drug-likeness (QED) is 0.297. The highest BCUT2D eigenvalue weighted by Crippen LogP contribution is 2.31. The molecule has 2 nitrogen and oxygen atoms in total. The lowest BCUT2D eigenvalue weighted by molar-refractivity contribution is -0.138. The van der Waals surface area contributed by atoms with E-state index in [4.69, 9.17) is 17.3 Å². The van der Waals surface area contributed by atoms with Gasteiger partial charge in [-0.3, -0.25) is 4.79 Å². The molecule has 0 fully saturated rings. The highest BCUT2D eigenvalue weighted by atomic mass is 32.2. The third-order valence-corrected chi connectivity index (χ3v) is 6.36. The van der Waals surface area contributed by atoms with Crippen LogP contribution < -0.4 is 0 Å². The standard InChI is InChI=1S/C17H32O2S3/c1-4-5-6-7-8-9-10-11-12-13-14-21-16(20)22-17(2,3)15(18)19/h4-14H2,1-3H3,(H,18,19). The molecule has 130 valence electrons. The maximum atomic E-state index is 11.0. The zero-order valence-electron chi connectivity index (χ0n) is 14.4. The van der Waals surface area contributed by atoms with Crippen LogP contribution in [0.1, 0.15) is 85.0 Å². The number of rotatable bonds is 13. The van der Waals surface area contributed by atoms with E-state index in [2.05, 4.69) is 6.92 Å². The van der Waals surface area contributed by atoms with E-state index in [-0.39, 0.29) is 0 Å². The minimum atomic E-state index is -0.818. The SMILES string of the molecule is CCCCCCCCCCCCSC(=S)SC(C)(C)C(=O)O. The average Bonchev–Trinajstić information content (AvgIpc) is 2.44. The van der Waals surface area contributed by atoms with E-state index in [0.29, 0.717) is 0 Å². The average molecular weight is 365 g/mol. The van der Waals surface area contributed by atoms with Crippen molar-refractivity contribution in [3.63, 3.8) is 0 Å². The van der Waals surface area contributed by atoms with Crippen LogP contribution in [0.5, 0.6) is 0 Å². The first-order valence-electron chi connectivity index (χ1n) is 8.49. The van der Waals surface area contributed by atoms with Crippen molar-refractivity contribution in [3.8, 4) is 0 Å². The Hall–Kier alpha value is 0.260. The molecule has 0 aromatic carbocycles. The number of hydrogen-bond donors (Lipinski definition) is 1. The monoisotopic (exact) mass is 364 g/mol. The van der Waals surface area contributed by atoms with E-state index >= 15 is 0 Å². The van der Waals surface area contributed by atoms with Gasteiger partial charge in [0.15, 0.2) is 0 Å². The van der Waals surface area contributed by atoms with Crippen LogP contribution in [-0.2, 0) is 4.79 Å². The van der Waals surface area contributed by atoms with Crippen molar-refractivity contribution in [2.24, 2.45) is 0 Å². The molecule has 0 aliphatic heterocycles. The van der Waals surface area contributed by atoms with Crippen LogP contribution >= 0.6 is 35.7 Å². The largest absolute Gasteiger partial charge is 0.480 e. The third-order valence-electron chi connectivity index (χ3n) is 3.57. The van der Waals surface area contributed by atoms with Crippen molar-refractivity contribution >= 4 is 45.2 Å². The van der Waals surface area contributed by atoms with Gasteiger partial charge in [0, 0.05) is 0 Å². The molecule has 0 unspecified atom stereocenters. The van der Waals surface area contributed by atoms with Gasteiger partial charge in [-0.15, -0.1) is 11.8 Å². The summed E-state index contributed by atoms with van der Waals surface area (Å²) in [6.07, 6.45) is 13.4. The van der Waals surface area contributed by atoms with Gasteiger partial charge >= 0.3 is 5.97 Å². The molecule has 0 heterocycles. The summed E-state index contributed by atoms with van der Waals surface area (Å²) < 4.78 is -0.0645. The van der Waals surface area contributed by atoms with Gasteiger partial charge in [0.2, 0.25) is 0 Å². The Morgan fingerprint density at radius 3 is 1.86 bits per heavy atom. The molecule has 0 radical (unpaired) electrons. The lowest BCUT2D eigenvalue weighted by Crippen LogP contribution is -2.28. The molecule has 0 aromatic rings. The Bertz CT molecular complexity index is 317. The normalized spacial score (nSPS) is 11.6. The van der Waals surface area contributed by atoms with Crippen LogP contribution in [0, 0.1) is 0 Å². The van der Waals surface area contributed by atoms with Gasteiger partial charge in [0.1, 0.15) is 8.28 Å². The molecule has 0 saturated heterocycles. The van der Waals surface area contributed by atoms with Crippen molar-refractivity contribution in [2.45, 2.75) is 89.7 Å². The second-order valence-electron chi connectivity index (χ2n) is 6.20.